The molecule has 0 amide bonds. The molecule has 3 aromatic rings. The minimum atomic E-state index is -3.36. The lowest BCUT2D eigenvalue weighted by molar-refractivity contribution is 0.205. The SMILES string of the molecule is CNS(=O)(=O)/C=C/c1ccc2[nH]cc(C3CCN(Cc4ccccc4)CC3)c2c1. The van der Waals surface area contributed by atoms with E-state index >= 15 is 0 Å². The molecule has 1 fully saturated rings. The highest BCUT2D eigenvalue weighted by Gasteiger charge is 2.22. The van der Waals surface area contributed by atoms with Gasteiger partial charge >= 0.3 is 0 Å². The second kappa shape index (κ2) is 8.53. The molecule has 1 aliphatic rings. The first-order valence-electron chi connectivity index (χ1n) is 10.0. The van der Waals surface area contributed by atoms with Crippen molar-refractivity contribution in [1.82, 2.24) is 14.6 Å². The summed E-state index contributed by atoms with van der Waals surface area (Å²) in [5.41, 5.74) is 4.69. The van der Waals surface area contributed by atoms with E-state index in [9.17, 15) is 8.42 Å². The van der Waals surface area contributed by atoms with Gasteiger partial charge in [-0.05, 0) is 73.8 Å². The van der Waals surface area contributed by atoms with E-state index in [-0.39, 0.29) is 0 Å². The molecule has 4 rings (SSSR count). The molecule has 0 bridgehead atoms. The number of fused-ring (bicyclic) bond motifs is 1. The Kier molecular flexibility index (Phi) is 5.85. The molecule has 2 N–H and O–H groups in total. The summed E-state index contributed by atoms with van der Waals surface area (Å²) in [6.07, 6.45) is 6.03. The van der Waals surface area contributed by atoms with Crippen LogP contribution in [0.25, 0.3) is 17.0 Å². The van der Waals surface area contributed by atoms with Crippen molar-refractivity contribution < 1.29 is 8.42 Å². The number of aromatic nitrogens is 1. The summed E-state index contributed by atoms with van der Waals surface area (Å²) in [4.78, 5) is 5.90. The minimum Gasteiger partial charge on any atom is -0.361 e. The summed E-state index contributed by atoms with van der Waals surface area (Å²) in [6.45, 7) is 3.19. The van der Waals surface area contributed by atoms with Gasteiger partial charge in [-0.1, -0.05) is 36.4 Å². The van der Waals surface area contributed by atoms with Crippen LogP contribution < -0.4 is 4.72 Å². The van der Waals surface area contributed by atoms with Crippen LogP contribution in [0, 0.1) is 0 Å². The van der Waals surface area contributed by atoms with Gasteiger partial charge in [0, 0.05) is 29.1 Å². The molecule has 0 saturated carbocycles. The number of nitrogens with zero attached hydrogens (tertiary/aromatic N) is 1. The van der Waals surface area contributed by atoms with E-state index in [0.717, 1.165) is 43.6 Å². The Morgan fingerprint density at radius 1 is 1.14 bits per heavy atom. The van der Waals surface area contributed by atoms with Gasteiger partial charge in [0.25, 0.3) is 0 Å². The Balaban J connectivity index is 1.47. The second-order valence-electron chi connectivity index (χ2n) is 7.64. The van der Waals surface area contributed by atoms with Gasteiger partial charge in [0.05, 0.1) is 0 Å². The Hall–Kier alpha value is -2.41. The molecular formula is C23H27N3O2S. The molecule has 0 unspecified atom stereocenters. The number of hydrogen-bond donors (Lipinski definition) is 2. The van der Waals surface area contributed by atoms with Crippen LogP contribution in [0.5, 0.6) is 0 Å². The molecule has 1 aliphatic heterocycles. The number of hydrogen-bond acceptors (Lipinski definition) is 3. The monoisotopic (exact) mass is 409 g/mol. The number of rotatable bonds is 6. The summed E-state index contributed by atoms with van der Waals surface area (Å²) in [6, 6.07) is 16.7. The maximum absolute atomic E-state index is 11.7. The smallest absolute Gasteiger partial charge is 0.233 e. The predicted molar refractivity (Wildman–Crippen MR) is 119 cm³/mol. The quantitative estimate of drug-likeness (QED) is 0.645. The van der Waals surface area contributed by atoms with Gasteiger partial charge in [-0.2, -0.15) is 0 Å². The maximum atomic E-state index is 11.7. The van der Waals surface area contributed by atoms with Crippen molar-refractivity contribution in [3.63, 3.8) is 0 Å². The van der Waals surface area contributed by atoms with E-state index in [4.69, 9.17) is 0 Å². The Bertz CT molecular complexity index is 1100. The highest BCUT2D eigenvalue weighted by atomic mass is 32.2. The summed E-state index contributed by atoms with van der Waals surface area (Å²) in [7, 11) is -1.95. The average Bonchev–Trinajstić information content (AvgIpc) is 3.17. The average molecular weight is 410 g/mol. The van der Waals surface area contributed by atoms with Crippen LogP contribution in [-0.4, -0.2) is 38.4 Å². The van der Waals surface area contributed by atoms with Crippen molar-refractivity contribution in [3.8, 4) is 0 Å². The Labute approximate surface area is 172 Å². The van der Waals surface area contributed by atoms with E-state index in [2.05, 4.69) is 57.2 Å². The normalized spacial score (nSPS) is 16.7. The predicted octanol–water partition coefficient (Wildman–Crippen LogP) is 4.07. The second-order valence-corrected chi connectivity index (χ2v) is 9.41. The molecule has 1 aromatic heterocycles. The molecule has 6 heteroatoms. The summed E-state index contributed by atoms with van der Waals surface area (Å²) < 4.78 is 25.6. The summed E-state index contributed by atoms with van der Waals surface area (Å²) in [5.74, 6) is 0.524. The first-order chi connectivity index (χ1) is 14.0. The number of piperidine rings is 1. The number of likely N-dealkylation sites (tertiary alicyclic amines) is 1. The van der Waals surface area contributed by atoms with Crippen molar-refractivity contribution in [2.75, 3.05) is 20.1 Å². The van der Waals surface area contributed by atoms with E-state index in [1.807, 2.05) is 12.1 Å². The standard InChI is InChI=1S/C23H27N3O2S/c1-24-29(27,28)14-11-18-7-8-23-21(15-18)22(16-25-23)20-9-12-26(13-10-20)17-19-5-3-2-4-6-19/h2-8,11,14-16,20,24-25H,9-10,12-13,17H2,1H3/b14-11+. The van der Waals surface area contributed by atoms with E-state index < -0.39 is 10.0 Å². The largest absolute Gasteiger partial charge is 0.361 e. The van der Waals surface area contributed by atoms with Crippen LogP contribution in [0.3, 0.4) is 0 Å². The zero-order valence-corrected chi connectivity index (χ0v) is 17.5. The third-order valence-corrected chi connectivity index (χ3v) is 6.80. The van der Waals surface area contributed by atoms with Crippen molar-refractivity contribution in [1.29, 1.82) is 0 Å². The van der Waals surface area contributed by atoms with Crippen molar-refractivity contribution >= 4 is 27.0 Å². The lowest BCUT2D eigenvalue weighted by atomic mass is 9.88. The van der Waals surface area contributed by atoms with Gasteiger partial charge in [0.1, 0.15) is 0 Å². The van der Waals surface area contributed by atoms with Crippen molar-refractivity contribution in [2.24, 2.45) is 0 Å². The zero-order chi connectivity index (χ0) is 20.3. The van der Waals surface area contributed by atoms with Crippen LogP contribution in [0.1, 0.15) is 35.4 Å². The lowest BCUT2D eigenvalue weighted by Crippen LogP contribution is -2.32. The fraction of sp³-hybridized carbons (Fsp3) is 0.304. The van der Waals surface area contributed by atoms with Gasteiger partial charge in [-0.3, -0.25) is 4.90 Å². The molecule has 2 heterocycles. The fourth-order valence-corrected chi connectivity index (χ4v) is 4.55. The molecule has 152 valence electrons. The van der Waals surface area contributed by atoms with Gasteiger partial charge in [-0.15, -0.1) is 0 Å². The number of sulfonamides is 1. The topological polar surface area (TPSA) is 65.2 Å². The zero-order valence-electron chi connectivity index (χ0n) is 16.6. The molecule has 0 radical (unpaired) electrons. The van der Waals surface area contributed by atoms with Crippen LogP contribution >= 0.6 is 0 Å². The van der Waals surface area contributed by atoms with Gasteiger partial charge in [-0.25, -0.2) is 13.1 Å². The van der Waals surface area contributed by atoms with Gasteiger partial charge < -0.3 is 4.98 Å². The van der Waals surface area contributed by atoms with Crippen molar-refractivity contribution in [3.05, 3.63) is 76.8 Å². The molecule has 0 spiro atoms. The van der Waals surface area contributed by atoms with E-state index in [1.54, 1.807) is 6.08 Å². The number of nitrogens with one attached hydrogen (secondary N) is 2. The Morgan fingerprint density at radius 3 is 2.62 bits per heavy atom. The molecule has 29 heavy (non-hydrogen) atoms. The number of H-pyrrole nitrogens is 1. The summed E-state index contributed by atoms with van der Waals surface area (Å²) in [5, 5.41) is 2.40. The summed E-state index contributed by atoms with van der Waals surface area (Å²) >= 11 is 0. The molecule has 0 aliphatic carbocycles. The first kappa shape index (κ1) is 19.9. The maximum Gasteiger partial charge on any atom is 0.233 e. The molecule has 0 atom stereocenters. The number of aromatic amines is 1. The Morgan fingerprint density at radius 2 is 1.90 bits per heavy atom. The molecule has 5 nitrogen and oxygen atoms in total. The van der Waals surface area contributed by atoms with Crippen LogP contribution in [-0.2, 0) is 16.6 Å². The third kappa shape index (κ3) is 4.78. The highest BCUT2D eigenvalue weighted by molar-refractivity contribution is 7.92. The molecule has 1 saturated heterocycles. The molecular weight excluding hydrogens is 382 g/mol. The lowest BCUT2D eigenvalue weighted by Gasteiger charge is -2.32. The van der Waals surface area contributed by atoms with E-state index in [0.29, 0.717) is 5.92 Å². The van der Waals surface area contributed by atoms with Crippen molar-refractivity contribution in [2.45, 2.75) is 25.3 Å². The van der Waals surface area contributed by atoms with Gasteiger partial charge in [0.15, 0.2) is 0 Å². The number of benzene rings is 2. The first-order valence-corrected chi connectivity index (χ1v) is 11.6. The van der Waals surface area contributed by atoms with E-state index in [1.165, 1.54) is 29.0 Å². The third-order valence-electron chi connectivity index (χ3n) is 5.74. The highest BCUT2D eigenvalue weighted by Crippen LogP contribution is 2.34. The fourth-order valence-electron chi connectivity index (χ4n) is 4.08. The van der Waals surface area contributed by atoms with Crippen LogP contribution in [0.2, 0.25) is 0 Å². The molecule has 2 aromatic carbocycles. The van der Waals surface area contributed by atoms with Crippen LogP contribution in [0.4, 0.5) is 0 Å². The van der Waals surface area contributed by atoms with Gasteiger partial charge in [0.2, 0.25) is 10.0 Å². The van der Waals surface area contributed by atoms with Crippen LogP contribution in [0.15, 0.2) is 60.1 Å². The minimum absolute atomic E-state index is 0.524.